The Hall–Kier alpha value is -2.48. The van der Waals surface area contributed by atoms with Crippen LogP contribution in [0.15, 0.2) is 65.2 Å². The maximum atomic E-state index is 12.6. The van der Waals surface area contributed by atoms with Crippen LogP contribution in [0.2, 0.25) is 0 Å². The van der Waals surface area contributed by atoms with Crippen molar-refractivity contribution in [3.8, 4) is 17.6 Å². The van der Waals surface area contributed by atoms with Crippen LogP contribution < -0.4 is 4.74 Å². The van der Waals surface area contributed by atoms with Crippen molar-refractivity contribution in [2.45, 2.75) is 20.0 Å². The summed E-state index contributed by atoms with van der Waals surface area (Å²) in [5, 5.41) is 9.53. The highest BCUT2D eigenvalue weighted by molar-refractivity contribution is 6.55. The molecule has 3 rings (SSSR count). The number of hydrogen-bond acceptors (Lipinski definition) is 4. The first-order chi connectivity index (χ1) is 13.3. The van der Waals surface area contributed by atoms with Crippen molar-refractivity contribution in [3.63, 3.8) is 0 Å². The van der Waals surface area contributed by atoms with Gasteiger partial charge in [-0.15, -0.1) is 0 Å². The van der Waals surface area contributed by atoms with E-state index >= 15 is 0 Å². The van der Waals surface area contributed by atoms with Crippen LogP contribution in [0.25, 0.3) is 0 Å². The van der Waals surface area contributed by atoms with E-state index < -0.39 is 12.1 Å². The third-order valence-corrected chi connectivity index (χ3v) is 5.21. The molecule has 144 valence electrons. The number of carbonyl (C=O) groups excluding carboxylic acids is 1. The second-order valence-corrected chi connectivity index (χ2v) is 8.22. The number of para-hydroxylation sites is 1. The Kier molecular flexibility index (Phi) is 5.98. The highest BCUT2D eigenvalue weighted by Crippen LogP contribution is 2.60. The SMILES string of the molecule is CC1(C)[C@H](C=C(Cl)Cl)[C@@H]1C(=O)OC(C#N)c1cccc(Oc2ccccc2)c1. The topological polar surface area (TPSA) is 59.3 Å². The summed E-state index contributed by atoms with van der Waals surface area (Å²) in [5.41, 5.74) is 0.231. The van der Waals surface area contributed by atoms with Crippen molar-refractivity contribution in [1.29, 1.82) is 5.26 Å². The van der Waals surface area contributed by atoms with Crippen LogP contribution in [-0.4, -0.2) is 5.97 Å². The molecule has 1 fully saturated rings. The first-order valence-corrected chi connectivity index (χ1v) is 9.54. The maximum Gasteiger partial charge on any atom is 0.311 e. The lowest BCUT2D eigenvalue weighted by Crippen LogP contribution is -2.14. The number of nitriles is 1. The highest BCUT2D eigenvalue weighted by Gasteiger charge is 2.62. The first-order valence-electron chi connectivity index (χ1n) is 8.78. The number of rotatable bonds is 6. The van der Waals surface area contributed by atoms with E-state index in [1.807, 2.05) is 50.2 Å². The molecule has 0 amide bonds. The molecule has 4 nitrogen and oxygen atoms in total. The number of carbonyl (C=O) groups is 1. The summed E-state index contributed by atoms with van der Waals surface area (Å²) in [6.07, 6.45) is 0.615. The zero-order valence-corrected chi connectivity index (χ0v) is 16.9. The number of benzene rings is 2. The van der Waals surface area contributed by atoms with Crippen LogP contribution in [0.1, 0.15) is 25.5 Å². The van der Waals surface area contributed by atoms with Crippen molar-refractivity contribution in [2.75, 3.05) is 0 Å². The Morgan fingerprint density at radius 1 is 1.14 bits per heavy atom. The van der Waals surface area contributed by atoms with E-state index in [1.165, 1.54) is 0 Å². The predicted octanol–water partition coefficient (Wildman–Crippen LogP) is 6.18. The quantitative estimate of drug-likeness (QED) is 0.528. The van der Waals surface area contributed by atoms with E-state index in [0.29, 0.717) is 17.1 Å². The first kappa shape index (κ1) is 20.3. The monoisotopic (exact) mass is 415 g/mol. The van der Waals surface area contributed by atoms with Gasteiger partial charge >= 0.3 is 5.97 Å². The van der Waals surface area contributed by atoms with Gasteiger partial charge in [-0.2, -0.15) is 5.26 Å². The summed E-state index contributed by atoms with van der Waals surface area (Å²) in [5.74, 6) is 0.289. The van der Waals surface area contributed by atoms with Crippen molar-refractivity contribution >= 4 is 29.2 Å². The second kappa shape index (κ2) is 8.26. The van der Waals surface area contributed by atoms with Gasteiger partial charge in [0.05, 0.1) is 5.92 Å². The predicted molar refractivity (Wildman–Crippen MR) is 108 cm³/mol. The van der Waals surface area contributed by atoms with E-state index in [-0.39, 0.29) is 21.7 Å². The number of hydrogen-bond donors (Lipinski definition) is 0. The number of nitrogens with zero attached hydrogens (tertiary/aromatic N) is 1. The van der Waals surface area contributed by atoms with Gasteiger partial charge in [0.2, 0.25) is 6.10 Å². The van der Waals surface area contributed by atoms with Crippen LogP contribution in [0.3, 0.4) is 0 Å². The third kappa shape index (κ3) is 4.49. The maximum absolute atomic E-state index is 12.6. The van der Waals surface area contributed by atoms with Crippen molar-refractivity contribution in [2.24, 2.45) is 17.3 Å². The zero-order valence-electron chi connectivity index (χ0n) is 15.4. The van der Waals surface area contributed by atoms with Gasteiger partial charge in [-0.1, -0.05) is 67.4 Å². The molecular weight excluding hydrogens is 397 g/mol. The molecule has 2 aromatic rings. The second-order valence-electron chi connectivity index (χ2n) is 7.21. The summed E-state index contributed by atoms with van der Waals surface area (Å²) in [4.78, 5) is 12.6. The summed E-state index contributed by atoms with van der Waals surface area (Å²) in [6, 6.07) is 18.3. The molecule has 0 spiro atoms. The van der Waals surface area contributed by atoms with Gasteiger partial charge in [0.1, 0.15) is 22.1 Å². The molecule has 0 N–H and O–H groups in total. The lowest BCUT2D eigenvalue weighted by atomic mass is 10.1. The van der Waals surface area contributed by atoms with Gasteiger partial charge in [0.15, 0.2) is 0 Å². The molecule has 28 heavy (non-hydrogen) atoms. The van der Waals surface area contributed by atoms with Crippen LogP contribution in [0, 0.1) is 28.6 Å². The molecule has 1 aliphatic carbocycles. The van der Waals surface area contributed by atoms with Crippen LogP contribution >= 0.6 is 23.2 Å². The van der Waals surface area contributed by atoms with Gasteiger partial charge in [-0.25, -0.2) is 0 Å². The molecule has 3 atom stereocenters. The standard InChI is InChI=1S/C22H19Cl2NO3/c1-22(2)17(12-19(23)24)20(22)21(26)28-18(13-25)14-7-6-10-16(11-14)27-15-8-4-3-5-9-15/h3-12,17-18,20H,1-2H3/t17-,18?,20-/m1/s1. The van der Waals surface area contributed by atoms with E-state index in [1.54, 1.807) is 30.3 Å². The fraction of sp³-hybridized carbons (Fsp3) is 0.273. The third-order valence-electron chi connectivity index (χ3n) is 4.96. The van der Waals surface area contributed by atoms with Crippen molar-refractivity contribution in [3.05, 3.63) is 70.7 Å². The van der Waals surface area contributed by atoms with E-state index in [2.05, 4.69) is 0 Å². The number of allylic oxidation sites excluding steroid dienone is 1. The molecule has 1 saturated carbocycles. The minimum Gasteiger partial charge on any atom is -0.457 e. The molecule has 1 unspecified atom stereocenters. The average molecular weight is 416 g/mol. The largest absolute Gasteiger partial charge is 0.457 e. The molecular formula is C22H19Cl2NO3. The lowest BCUT2D eigenvalue weighted by molar-refractivity contribution is -0.149. The minimum absolute atomic E-state index is 0.114. The van der Waals surface area contributed by atoms with Gasteiger partial charge in [-0.3, -0.25) is 4.79 Å². The summed E-state index contributed by atoms with van der Waals surface area (Å²) in [7, 11) is 0. The smallest absolute Gasteiger partial charge is 0.311 e. The zero-order chi connectivity index (χ0) is 20.3. The Balaban J connectivity index is 1.72. The van der Waals surface area contributed by atoms with Crippen LogP contribution in [0.5, 0.6) is 11.5 Å². The lowest BCUT2D eigenvalue weighted by Gasteiger charge is -2.13. The van der Waals surface area contributed by atoms with Crippen molar-refractivity contribution in [1.82, 2.24) is 0 Å². The summed E-state index contributed by atoms with van der Waals surface area (Å²) in [6.45, 7) is 3.87. The summed E-state index contributed by atoms with van der Waals surface area (Å²) >= 11 is 11.5. The fourth-order valence-electron chi connectivity index (χ4n) is 3.30. The van der Waals surface area contributed by atoms with Gasteiger partial charge < -0.3 is 9.47 Å². The molecule has 0 radical (unpaired) electrons. The van der Waals surface area contributed by atoms with E-state index in [4.69, 9.17) is 32.7 Å². The molecule has 0 aliphatic heterocycles. The molecule has 0 heterocycles. The molecule has 6 heteroatoms. The number of halogens is 2. The van der Waals surface area contributed by atoms with Gasteiger partial charge in [0.25, 0.3) is 0 Å². The Morgan fingerprint density at radius 3 is 2.46 bits per heavy atom. The van der Waals surface area contributed by atoms with Crippen LogP contribution in [-0.2, 0) is 9.53 Å². The number of esters is 1. The number of ether oxygens (including phenoxy) is 2. The van der Waals surface area contributed by atoms with Gasteiger partial charge in [0, 0.05) is 5.56 Å². The van der Waals surface area contributed by atoms with E-state index in [0.717, 1.165) is 0 Å². The molecule has 0 saturated heterocycles. The normalized spacial score (nSPS) is 20.4. The Labute approximate surface area is 174 Å². The molecule has 1 aliphatic rings. The van der Waals surface area contributed by atoms with E-state index in [9.17, 15) is 10.1 Å². The molecule has 0 aromatic heterocycles. The molecule has 0 bridgehead atoms. The summed E-state index contributed by atoms with van der Waals surface area (Å²) < 4.78 is 11.4. The molecule has 2 aromatic carbocycles. The Bertz CT molecular complexity index is 930. The minimum atomic E-state index is -1.03. The Morgan fingerprint density at radius 2 is 1.82 bits per heavy atom. The average Bonchev–Trinajstić information content (AvgIpc) is 3.20. The highest BCUT2D eigenvalue weighted by atomic mass is 35.5. The fourth-order valence-corrected chi connectivity index (χ4v) is 3.57. The van der Waals surface area contributed by atoms with Crippen molar-refractivity contribution < 1.29 is 14.3 Å². The van der Waals surface area contributed by atoms with Gasteiger partial charge in [-0.05, 0) is 41.7 Å². The van der Waals surface area contributed by atoms with Crippen LogP contribution in [0.4, 0.5) is 0 Å².